The SMILES string of the molecule is CSc1ccc(S(=O)(=O)NCC(=O)OCc2ccc(C(N)=O)cc2)cc1[N+](=O)[O-]. The minimum atomic E-state index is -4.15. The summed E-state index contributed by atoms with van der Waals surface area (Å²) in [6.45, 7) is -0.784. The van der Waals surface area contributed by atoms with Crippen LogP contribution < -0.4 is 10.5 Å². The zero-order valence-corrected chi connectivity index (χ0v) is 16.8. The van der Waals surface area contributed by atoms with Crippen molar-refractivity contribution in [2.75, 3.05) is 12.8 Å². The maximum Gasteiger partial charge on any atom is 0.321 e. The van der Waals surface area contributed by atoms with Crippen molar-refractivity contribution in [3.63, 3.8) is 0 Å². The first-order chi connectivity index (χ1) is 13.6. The van der Waals surface area contributed by atoms with Gasteiger partial charge in [0.25, 0.3) is 5.69 Å². The Bertz CT molecular complexity index is 1040. The van der Waals surface area contributed by atoms with Crippen LogP contribution >= 0.6 is 11.8 Å². The number of nitro benzene ring substituents is 1. The molecular formula is C17H17N3O7S2. The van der Waals surface area contributed by atoms with Crippen molar-refractivity contribution in [2.24, 2.45) is 5.73 Å². The molecule has 0 aliphatic carbocycles. The molecule has 154 valence electrons. The first-order valence-corrected chi connectivity index (χ1v) is 10.7. The number of carbonyl (C=O) groups excluding carboxylic acids is 2. The van der Waals surface area contributed by atoms with Crippen LogP contribution in [0.15, 0.2) is 52.3 Å². The van der Waals surface area contributed by atoms with Crippen LogP contribution in [-0.4, -0.2) is 38.0 Å². The van der Waals surface area contributed by atoms with Crippen molar-refractivity contribution in [3.8, 4) is 0 Å². The van der Waals surface area contributed by atoms with Crippen molar-refractivity contribution in [3.05, 3.63) is 63.7 Å². The monoisotopic (exact) mass is 439 g/mol. The molecule has 2 aromatic carbocycles. The highest BCUT2D eigenvalue weighted by molar-refractivity contribution is 7.98. The van der Waals surface area contributed by atoms with E-state index in [0.717, 1.165) is 17.8 Å². The van der Waals surface area contributed by atoms with Gasteiger partial charge in [0.15, 0.2) is 0 Å². The van der Waals surface area contributed by atoms with E-state index in [9.17, 15) is 28.1 Å². The average molecular weight is 439 g/mol. The van der Waals surface area contributed by atoms with Gasteiger partial charge >= 0.3 is 5.97 Å². The highest BCUT2D eigenvalue weighted by atomic mass is 32.2. The van der Waals surface area contributed by atoms with E-state index < -0.39 is 33.4 Å². The summed E-state index contributed by atoms with van der Waals surface area (Å²) in [5.41, 5.74) is 5.66. The molecule has 2 rings (SSSR count). The lowest BCUT2D eigenvalue weighted by molar-refractivity contribution is -0.387. The third-order valence-electron chi connectivity index (χ3n) is 3.70. The van der Waals surface area contributed by atoms with Crippen LogP contribution in [0.25, 0.3) is 0 Å². The maximum atomic E-state index is 12.3. The lowest BCUT2D eigenvalue weighted by Gasteiger charge is -2.09. The third-order valence-corrected chi connectivity index (χ3v) is 5.89. The molecule has 0 bridgehead atoms. The number of nitrogens with one attached hydrogen (secondary N) is 1. The smallest absolute Gasteiger partial charge is 0.321 e. The Morgan fingerprint density at radius 3 is 2.41 bits per heavy atom. The van der Waals surface area contributed by atoms with E-state index in [4.69, 9.17) is 10.5 Å². The molecule has 1 amide bonds. The number of nitrogens with zero attached hydrogens (tertiary/aromatic N) is 1. The van der Waals surface area contributed by atoms with Crippen LogP contribution in [0.3, 0.4) is 0 Å². The number of ether oxygens (including phenoxy) is 1. The predicted octanol–water partition coefficient (Wildman–Crippen LogP) is 1.44. The molecule has 0 saturated heterocycles. The summed E-state index contributed by atoms with van der Waals surface area (Å²) in [6, 6.07) is 9.50. The second kappa shape index (κ2) is 9.49. The highest BCUT2D eigenvalue weighted by Gasteiger charge is 2.22. The van der Waals surface area contributed by atoms with E-state index in [1.165, 1.54) is 24.3 Å². The Kier molecular flexibility index (Phi) is 7.31. The fourth-order valence-corrected chi connectivity index (χ4v) is 3.73. The number of thioether (sulfide) groups is 1. The van der Waals surface area contributed by atoms with Crippen LogP contribution in [0.1, 0.15) is 15.9 Å². The average Bonchev–Trinajstić information content (AvgIpc) is 2.70. The Hall–Kier alpha value is -2.96. The molecule has 0 aromatic heterocycles. The van der Waals surface area contributed by atoms with E-state index in [-0.39, 0.29) is 17.2 Å². The number of esters is 1. The highest BCUT2D eigenvalue weighted by Crippen LogP contribution is 2.29. The first kappa shape index (κ1) is 22.3. The molecule has 2 aromatic rings. The van der Waals surface area contributed by atoms with Crippen LogP contribution in [-0.2, 0) is 26.2 Å². The summed E-state index contributed by atoms with van der Waals surface area (Å²) in [6.07, 6.45) is 1.63. The van der Waals surface area contributed by atoms with Gasteiger partial charge in [-0.05, 0) is 36.1 Å². The first-order valence-electron chi connectivity index (χ1n) is 8.00. The number of sulfonamides is 1. The Morgan fingerprint density at radius 1 is 1.21 bits per heavy atom. The number of nitrogens with two attached hydrogens (primary N) is 1. The van der Waals surface area contributed by atoms with Gasteiger partial charge in [0.2, 0.25) is 15.9 Å². The zero-order valence-electron chi connectivity index (χ0n) is 15.2. The molecule has 12 heteroatoms. The number of nitro groups is 1. The van der Waals surface area contributed by atoms with Gasteiger partial charge in [0.05, 0.1) is 14.7 Å². The van der Waals surface area contributed by atoms with Crippen molar-refractivity contribution in [1.82, 2.24) is 4.72 Å². The van der Waals surface area contributed by atoms with E-state index in [0.29, 0.717) is 16.0 Å². The van der Waals surface area contributed by atoms with E-state index >= 15 is 0 Å². The van der Waals surface area contributed by atoms with Gasteiger partial charge in [-0.3, -0.25) is 19.7 Å². The third kappa shape index (κ3) is 6.01. The van der Waals surface area contributed by atoms with Gasteiger partial charge in [-0.1, -0.05) is 12.1 Å². The largest absolute Gasteiger partial charge is 0.460 e. The number of primary amides is 1. The quantitative estimate of drug-likeness (QED) is 0.257. The molecule has 0 heterocycles. The molecule has 3 N–H and O–H groups in total. The van der Waals surface area contributed by atoms with Crippen LogP contribution in [0.2, 0.25) is 0 Å². The minimum absolute atomic E-state index is 0.131. The molecule has 10 nitrogen and oxygen atoms in total. The molecule has 0 aliphatic heterocycles. The summed E-state index contributed by atoms with van der Waals surface area (Å²) >= 11 is 1.11. The Balaban J connectivity index is 1.97. The lowest BCUT2D eigenvalue weighted by Crippen LogP contribution is -2.30. The number of hydrogen-bond acceptors (Lipinski definition) is 8. The van der Waals surface area contributed by atoms with Gasteiger partial charge in [-0.2, -0.15) is 4.72 Å². The van der Waals surface area contributed by atoms with Crippen LogP contribution in [0.5, 0.6) is 0 Å². The number of carbonyl (C=O) groups is 2. The van der Waals surface area contributed by atoms with E-state index in [2.05, 4.69) is 0 Å². The Labute approximate surface area is 170 Å². The van der Waals surface area contributed by atoms with Crippen molar-refractivity contribution >= 4 is 39.3 Å². The predicted molar refractivity (Wildman–Crippen MR) is 105 cm³/mol. The van der Waals surface area contributed by atoms with Gasteiger partial charge in [-0.15, -0.1) is 11.8 Å². The maximum absolute atomic E-state index is 12.3. The number of rotatable bonds is 9. The summed E-state index contributed by atoms with van der Waals surface area (Å²) in [7, 11) is -4.15. The fourth-order valence-electron chi connectivity index (χ4n) is 2.20. The lowest BCUT2D eigenvalue weighted by atomic mass is 10.1. The topological polar surface area (TPSA) is 159 Å². The number of amides is 1. The molecule has 0 saturated carbocycles. The molecule has 0 unspecified atom stereocenters. The summed E-state index contributed by atoms with van der Waals surface area (Å²) in [5.74, 6) is -1.43. The van der Waals surface area contributed by atoms with Crippen molar-refractivity contribution < 1.29 is 27.7 Å². The van der Waals surface area contributed by atoms with E-state index in [1.807, 2.05) is 4.72 Å². The molecule has 0 atom stereocenters. The van der Waals surface area contributed by atoms with Gasteiger partial charge in [0.1, 0.15) is 13.2 Å². The number of hydrogen-bond donors (Lipinski definition) is 2. The molecule has 0 fully saturated rings. The minimum Gasteiger partial charge on any atom is -0.460 e. The second-order valence-corrected chi connectivity index (χ2v) is 8.25. The molecular weight excluding hydrogens is 422 g/mol. The molecule has 0 radical (unpaired) electrons. The molecule has 29 heavy (non-hydrogen) atoms. The van der Waals surface area contributed by atoms with Crippen LogP contribution in [0.4, 0.5) is 5.69 Å². The zero-order chi connectivity index (χ0) is 21.6. The Morgan fingerprint density at radius 2 is 1.86 bits per heavy atom. The number of benzene rings is 2. The van der Waals surface area contributed by atoms with Gasteiger partial charge in [0, 0.05) is 11.6 Å². The van der Waals surface area contributed by atoms with Gasteiger partial charge < -0.3 is 10.5 Å². The van der Waals surface area contributed by atoms with Crippen molar-refractivity contribution in [2.45, 2.75) is 16.4 Å². The standard InChI is InChI=1S/C17H17N3O7S2/c1-28-15-7-6-13(8-14(15)20(23)24)29(25,26)19-9-16(21)27-10-11-2-4-12(5-3-11)17(18)22/h2-8,19H,9-10H2,1H3,(H2,18,22). The summed E-state index contributed by atoms with van der Waals surface area (Å²) in [5, 5.41) is 11.1. The fraction of sp³-hybridized carbons (Fsp3) is 0.176. The second-order valence-electron chi connectivity index (χ2n) is 5.64. The van der Waals surface area contributed by atoms with E-state index in [1.54, 1.807) is 18.4 Å². The molecule has 0 spiro atoms. The molecule has 0 aliphatic rings. The van der Waals surface area contributed by atoms with Gasteiger partial charge in [-0.25, -0.2) is 8.42 Å². The van der Waals surface area contributed by atoms with Crippen molar-refractivity contribution in [1.29, 1.82) is 0 Å². The normalized spacial score (nSPS) is 11.1. The summed E-state index contributed by atoms with van der Waals surface area (Å²) in [4.78, 5) is 33.2. The van der Waals surface area contributed by atoms with Crippen LogP contribution in [0, 0.1) is 10.1 Å². The summed E-state index contributed by atoms with van der Waals surface area (Å²) < 4.78 is 31.6.